The monoisotopic (exact) mass is 481 g/mol. The van der Waals surface area contributed by atoms with Gasteiger partial charge in [-0.3, -0.25) is 4.90 Å². The fraction of sp³-hybridized carbons (Fsp3) is 0.435. The van der Waals surface area contributed by atoms with Gasteiger partial charge in [0.2, 0.25) is 0 Å². The summed E-state index contributed by atoms with van der Waals surface area (Å²) in [6, 6.07) is 16.8. The van der Waals surface area contributed by atoms with Crippen molar-refractivity contribution in [3.63, 3.8) is 0 Å². The number of benzene rings is 2. The third-order valence-electron chi connectivity index (χ3n) is 6.37. The van der Waals surface area contributed by atoms with Crippen LogP contribution in [0, 0.1) is 5.92 Å². The molecule has 5 rings (SSSR count). The van der Waals surface area contributed by atoms with Crippen LogP contribution in [0.15, 0.2) is 48.5 Å². The first-order chi connectivity index (χ1) is 14.2. The Balaban J connectivity index is 0.00000136. The lowest BCUT2D eigenvalue weighted by Gasteiger charge is -2.41. The number of likely N-dealkylation sites (N-methyl/N-ethyl adjacent to an activating group) is 1. The predicted octanol–water partition coefficient (Wildman–Crippen LogP) is 5.47. The first-order valence-electron chi connectivity index (χ1n) is 10.4. The van der Waals surface area contributed by atoms with E-state index in [2.05, 4.69) is 48.0 Å². The number of rotatable bonds is 4. The lowest BCUT2D eigenvalue weighted by molar-refractivity contribution is -0.0462. The van der Waals surface area contributed by atoms with E-state index >= 15 is 0 Å². The van der Waals surface area contributed by atoms with Crippen molar-refractivity contribution in [2.45, 2.75) is 32.0 Å². The highest BCUT2D eigenvalue weighted by Crippen LogP contribution is 2.35. The molecule has 2 atom stereocenters. The number of halogens is 2. The van der Waals surface area contributed by atoms with Crippen LogP contribution in [-0.4, -0.2) is 48.9 Å². The van der Waals surface area contributed by atoms with E-state index in [0.29, 0.717) is 18.6 Å². The minimum absolute atomic E-state index is 0. The van der Waals surface area contributed by atoms with E-state index in [-0.39, 0.29) is 31.0 Å². The molecule has 1 aromatic heterocycles. The molecule has 0 aliphatic carbocycles. The number of anilines is 1. The molecular formula is C23H29Cl2N3O2S. The number of piperidine rings is 1. The number of para-hydroxylation sites is 3. The van der Waals surface area contributed by atoms with Gasteiger partial charge in [0.25, 0.3) is 0 Å². The lowest BCUT2D eigenvalue weighted by atomic mass is 9.89. The molecule has 3 aromatic rings. The Morgan fingerprint density at radius 1 is 1.03 bits per heavy atom. The van der Waals surface area contributed by atoms with Crippen molar-refractivity contribution in [2.75, 3.05) is 31.6 Å². The molecule has 0 radical (unpaired) electrons. The molecule has 2 aliphatic heterocycles. The minimum Gasteiger partial charge on any atom is -0.484 e. The average molecular weight is 482 g/mol. The molecule has 1 fully saturated rings. The summed E-state index contributed by atoms with van der Waals surface area (Å²) in [6.45, 7) is 5.02. The van der Waals surface area contributed by atoms with Crippen LogP contribution in [0.2, 0.25) is 0 Å². The largest absolute Gasteiger partial charge is 0.484 e. The molecule has 3 heterocycles. The van der Waals surface area contributed by atoms with Crippen LogP contribution in [0.5, 0.6) is 11.5 Å². The average Bonchev–Trinajstić information content (AvgIpc) is 3.22. The van der Waals surface area contributed by atoms with Gasteiger partial charge >= 0.3 is 0 Å². The van der Waals surface area contributed by atoms with Crippen LogP contribution in [0.25, 0.3) is 10.2 Å². The van der Waals surface area contributed by atoms with Gasteiger partial charge in [-0.2, -0.15) is 0 Å². The number of hydrogen-bond acceptors (Lipinski definition) is 6. The topological polar surface area (TPSA) is 37.8 Å². The van der Waals surface area contributed by atoms with Crippen molar-refractivity contribution in [3.8, 4) is 11.5 Å². The van der Waals surface area contributed by atoms with Crippen molar-refractivity contribution >= 4 is 51.5 Å². The maximum atomic E-state index is 6.21. The maximum absolute atomic E-state index is 6.21. The Kier molecular flexibility index (Phi) is 7.92. The Labute approximate surface area is 200 Å². The zero-order valence-electron chi connectivity index (χ0n) is 17.8. The summed E-state index contributed by atoms with van der Waals surface area (Å²) in [6.07, 6.45) is 2.30. The van der Waals surface area contributed by atoms with Gasteiger partial charge in [-0.15, -0.1) is 24.8 Å². The van der Waals surface area contributed by atoms with Crippen molar-refractivity contribution in [3.05, 3.63) is 48.5 Å². The molecule has 2 aromatic carbocycles. The zero-order valence-corrected chi connectivity index (χ0v) is 20.2. The second-order valence-corrected chi connectivity index (χ2v) is 9.03. The third-order valence-corrected chi connectivity index (χ3v) is 7.46. The summed E-state index contributed by atoms with van der Waals surface area (Å²) in [5.74, 6) is 2.33. The quantitative estimate of drug-likeness (QED) is 0.493. The van der Waals surface area contributed by atoms with Crippen LogP contribution < -0.4 is 14.4 Å². The summed E-state index contributed by atoms with van der Waals surface area (Å²) in [4.78, 5) is 9.62. The number of fused-ring (bicyclic) bond motifs is 2. The van der Waals surface area contributed by atoms with E-state index in [1.807, 2.05) is 24.3 Å². The molecular weight excluding hydrogens is 453 g/mol. The third kappa shape index (κ3) is 4.87. The smallest absolute Gasteiger partial charge is 0.187 e. The Morgan fingerprint density at radius 2 is 1.71 bits per heavy atom. The number of ether oxygens (including phenoxy) is 2. The van der Waals surface area contributed by atoms with Gasteiger partial charge in [0.05, 0.1) is 10.2 Å². The molecule has 0 amide bonds. The summed E-state index contributed by atoms with van der Waals surface area (Å²) >= 11 is 1.80. The minimum atomic E-state index is -0.0396. The van der Waals surface area contributed by atoms with Gasteiger partial charge in [-0.25, -0.2) is 4.98 Å². The highest BCUT2D eigenvalue weighted by atomic mass is 35.5. The summed E-state index contributed by atoms with van der Waals surface area (Å²) in [7, 11) is 2.16. The fourth-order valence-corrected chi connectivity index (χ4v) is 5.39. The summed E-state index contributed by atoms with van der Waals surface area (Å²) < 4.78 is 13.4. The maximum Gasteiger partial charge on any atom is 0.187 e. The van der Waals surface area contributed by atoms with Crippen LogP contribution in [0.1, 0.15) is 19.8 Å². The number of nitrogens with zero attached hydrogens (tertiary/aromatic N) is 3. The molecule has 168 valence electrons. The zero-order chi connectivity index (χ0) is 19.8. The van der Waals surface area contributed by atoms with E-state index in [9.17, 15) is 0 Å². The van der Waals surface area contributed by atoms with Gasteiger partial charge in [0, 0.05) is 19.1 Å². The highest BCUT2D eigenvalue weighted by molar-refractivity contribution is 7.22. The van der Waals surface area contributed by atoms with E-state index in [1.54, 1.807) is 11.3 Å². The van der Waals surface area contributed by atoms with Gasteiger partial charge in [-0.1, -0.05) is 35.6 Å². The lowest BCUT2D eigenvalue weighted by Crippen LogP contribution is -2.51. The normalized spacial score (nSPS) is 19.6. The Hall–Kier alpha value is -1.73. The Morgan fingerprint density at radius 3 is 2.45 bits per heavy atom. The van der Waals surface area contributed by atoms with Crippen LogP contribution in [-0.2, 0) is 0 Å². The second kappa shape index (κ2) is 10.3. The molecule has 8 heteroatoms. The molecule has 2 aliphatic rings. The Bertz CT molecular complexity index is 961. The van der Waals surface area contributed by atoms with Gasteiger partial charge < -0.3 is 14.4 Å². The number of hydrogen-bond donors (Lipinski definition) is 0. The number of aromatic nitrogens is 1. The van der Waals surface area contributed by atoms with E-state index < -0.39 is 0 Å². The van der Waals surface area contributed by atoms with Crippen molar-refractivity contribution in [2.24, 2.45) is 5.92 Å². The molecule has 2 unspecified atom stereocenters. The van der Waals surface area contributed by atoms with Crippen molar-refractivity contribution in [1.29, 1.82) is 0 Å². The SMILES string of the molecule is CC(C1CCN(c2nc3ccccc3s2)CC1)N(C)C1COc2ccccc2O1.Cl.Cl. The molecule has 0 spiro atoms. The van der Waals surface area contributed by atoms with Crippen LogP contribution in [0.4, 0.5) is 5.13 Å². The fourth-order valence-electron chi connectivity index (χ4n) is 4.37. The molecule has 31 heavy (non-hydrogen) atoms. The van der Waals surface area contributed by atoms with Crippen molar-refractivity contribution in [1.82, 2.24) is 9.88 Å². The predicted molar refractivity (Wildman–Crippen MR) is 133 cm³/mol. The van der Waals surface area contributed by atoms with Crippen LogP contribution in [0.3, 0.4) is 0 Å². The van der Waals surface area contributed by atoms with E-state index in [1.165, 1.54) is 17.5 Å². The second-order valence-electron chi connectivity index (χ2n) is 8.02. The molecule has 1 saturated heterocycles. The number of thiazole rings is 1. The molecule has 0 saturated carbocycles. The van der Waals surface area contributed by atoms with Gasteiger partial charge in [-0.05, 0) is 57.0 Å². The van der Waals surface area contributed by atoms with E-state index in [4.69, 9.17) is 14.5 Å². The molecule has 0 N–H and O–H groups in total. The molecule has 0 bridgehead atoms. The summed E-state index contributed by atoms with van der Waals surface area (Å²) in [5.41, 5.74) is 1.11. The van der Waals surface area contributed by atoms with Crippen LogP contribution >= 0.6 is 36.2 Å². The van der Waals surface area contributed by atoms with Crippen molar-refractivity contribution < 1.29 is 9.47 Å². The first kappa shape index (κ1) is 23.9. The molecule has 5 nitrogen and oxygen atoms in total. The summed E-state index contributed by atoms with van der Waals surface area (Å²) in [5, 5.41) is 1.16. The van der Waals surface area contributed by atoms with E-state index in [0.717, 1.165) is 35.2 Å². The standard InChI is InChI=1S/C23H27N3O2S.2ClH/c1-16(25(2)22-15-27-19-8-4-5-9-20(19)28-22)17-11-13-26(14-12-17)23-24-18-7-3-6-10-21(18)29-23;;/h3-10,16-17,22H,11-15H2,1-2H3;2*1H. The van der Waals surface area contributed by atoms with Gasteiger partial charge in [0.1, 0.15) is 6.61 Å². The highest BCUT2D eigenvalue weighted by Gasteiger charge is 2.33. The first-order valence-corrected chi connectivity index (χ1v) is 11.2. The van der Waals surface area contributed by atoms with Gasteiger partial charge in [0.15, 0.2) is 22.9 Å².